The topological polar surface area (TPSA) is 112 Å². The second kappa shape index (κ2) is 6.80. The number of rotatable bonds is 7. The molecule has 106 valence electrons. The van der Waals surface area contributed by atoms with Crippen LogP contribution in [0.15, 0.2) is 18.5 Å². The summed E-state index contributed by atoms with van der Waals surface area (Å²) in [5.74, 6) is 0.415. The smallest absolute Gasteiger partial charge is 0.256 e. The Morgan fingerprint density at radius 3 is 2.90 bits per heavy atom. The van der Waals surface area contributed by atoms with Crippen LogP contribution in [0.1, 0.15) is 19.3 Å². The molecule has 8 nitrogen and oxygen atoms in total. The molecule has 1 amide bonds. The van der Waals surface area contributed by atoms with Gasteiger partial charge in [-0.05, 0) is 30.5 Å². The van der Waals surface area contributed by atoms with E-state index in [4.69, 9.17) is 17.3 Å². The molecule has 9 heteroatoms. The van der Waals surface area contributed by atoms with Crippen LogP contribution in [0.25, 0.3) is 5.95 Å². The summed E-state index contributed by atoms with van der Waals surface area (Å²) in [6.45, 7) is 0.617. The van der Waals surface area contributed by atoms with Crippen LogP contribution in [0.5, 0.6) is 0 Å². The van der Waals surface area contributed by atoms with E-state index in [1.165, 1.54) is 4.68 Å². The van der Waals surface area contributed by atoms with E-state index >= 15 is 0 Å². The van der Waals surface area contributed by atoms with E-state index in [2.05, 4.69) is 25.4 Å². The van der Waals surface area contributed by atoms with Gasteiger partial charge < -0.3 is 11.1 Å². The molecule has 0 saturated heterocycles. The Hall–Kier alpha value is -2.22. The summed E-state index contributed by atoms with van der Waals surface area (Å²) < 4.78 is 1.49. The normalized spacial score (nSPS) is 10.4. The Labute approximate surface area is 120 Å². The van der Waals surface area contributed by atoms with Gasteiger partial charge in [0.1, 0.15) is 0 Å². The van der Waals surface area contributed by atoms with Crippen LogP contribution in [0.4, 0.5) is 5.95 Å². The maximum Gasteiger partial charge on any atom is 0.256 e. The van der Waals surface area contributed by atoms with E-state index in [-0.39, 0.29) is 11.2 Å². The third-order valence-corrected chi connectivity index (χ3v) is 2.61. The second-order valence-electron chi connectivity index (χ2n) is 4.03. The quantitative estimate of drug-likeness (QED) is 0.730. The first kappa shape index (κ1) is 14.2. The zero-order chi connectivity index (χ0) is 14.4. The number of hydrogen-bond donors (Lipinski definition) is 2. The van der Waals surface area contributed by atoms with Gasteiger partial charge in [0.05, 0.1) is 0 Å². The van der Waals surface area contributed by atoms with Crippen molar-refractivity contribution in [2.75, 3.05) is 11.9 Å². The highest BCUT2D eigenvalue weighted by Gasteiger charge is 2.06. The number of amides is 1. The van der Waals surface area contributed by atoms with Gasteiger partial charge in [0.15, 0.2) is 0 Å². The van der Waals surface area contributed by atoms with Gasteiger partial charge >= 0.3 is 0 Å². The highest BCUT2D eigenvalue weighted by Crippen LogP contribution is 2.09. The van der Waals surface area contributed by atoms with Crippen molar-refractivity contribution in [3.05, 3.63) is 23.7 Å². The first-order valence-electron chi connectivity index (χ1n) is 6.09. The van der Waals surface area contributed by atoms with Crippen LogP contribution in [0.2, 0.25) is 5.28 Å². The van der Waals surface area contributed by atoms with Gasteiger partial charge in [-0.2, -0.15) is 20.1 Å². The van der Waals surface area contributed by atoms with Crippen molar-refractivity contribution in [1.29, 1.82) is 0 Å². The monoisotopic (exact) mass is 295 g/mol. The van der Waals surface area contributed by atoms with Crippen LogP contribution in [-0.2, 0) is 4.79 Å². The summed E-state index contributed by atoms with van der Waals surface area (Å²) >= 11 is 5.84. The molecule has 2 aromatic rings. The van der Waals surface area contributed by atoms with Crippen LogP contribution < -0.4 is 11.1 Å². The highest BCUT2D eigenvalue weighted by molar-refractivity contribution is 6.28. The van der Waals surface area contributed by atoms with Crippen LogP contribution in [-0.4, -0.2) is 37.2 Å². The Morgan fingerprint density at radius 1 is 1.35 bits per heavy atom. The maximum atomic E-state index is 10.6. The number of carbonyl (C=O) groups excluding carboxylic acids is 1. The predicted molar refractivity (Wildman–Crippen MR) is 73.5 cm³/mol. The number of halogens is 1. The van der Waals surface area contributed by atoms with E-state index in [0.717, 1.165) is 6.42 Å². The van der Waals surface area contributed by atoms with Crippen molar-refractivity contribution >= 4 is 23.5 Å². The fraction of sp³-hybridized carbons (Fsp3) is 0.364. The van der Waals surface area contributed by atoms with E-state index in [9.17, 15) is 4.79 Å². The molecule has 3 N–H and O–H groups in total. The average molecular weight is 296 g/mol. The first-order valence-corrected chi connectivity index (χ1v) is 6.47. The van der Waals surface area contributed by atoms with Crippen LogP contribution in [0, 0.1) is 0 Å². The highest BCUT2D eigenvalue weighted by atomic mass is 35.5. The molecule has 20 heavy (non-hydrogen) atoms. The molecule has 0 spiro atoms. The predicted octanol–water partition coefficient (Wildman–Crippen LogP) is 0.778. The Morgan fingerprint density at radius 2 is 2.20 bits per heavy atom. The minimum atomic E-state index is -0.297. The van der Waals surface area contributed by atoms with Gasteiger partial charge in [-0.15, -0.1) is 0 Å². The van der Waals surface area contributed by atoms with Gasteiger partial charge in [0, 0.05) is 25.4 Å². The van der Waals surface area contributed by atoms with E-state index < -0.39 is 0 Å². The summed E-state index contributed by atoms with van der Waals surface area (Å²) in [5, 5.41) is 7.13. The number of primary amides is 1. The Kier molecular flexibility index (Phi) is 4.83. The zero-order valence-electron chi connectivity index (χ0n) is 10.7. The van der Waals surface area contributed by atoms with Crippen molar-refractivity contribution in [3.63, 3.8) is 0 Å². The number of unbranched alkanes of at least 4 members (excludes halogenated alkanes) is 1. The third-order valence-electron chi connectivity index (χ3n) is 2.44. The molecular formula is C11H14ClN7O. The van der Waals surface area contributed by atoms with E-state index in [0.29, 0.717) is 31.3 Å². The summed E-state index contributed by atoms with van der Waals surface area (Å²) in [4.78, 5) is 22.8. The minimum Gasteiger partial charge on any atom is -0.370 e. The zero-order valence-corrected chi connectivity index (χ0v) is 11.4. The molecule has 0 unspecified atom stereocenters. The molecule has 2 aromatic heterocycles. The lowest BCUT2D eigenvalue weighted by atomic mass is 10.2. The van der Waals surface area contributed by atoms with Gasteiger partial charge in [-0.1, -0.05) is 0 Å². The lowest BCUT2D eigenvalue weighted by Crippen LogP contribution is -2.12. The number of carbonyl (C=O) groups is 1. The molecule has 0 aliphatic rings. The summed E-state index contributed by atoms with van der Waals surface area (Å²) in [6.07, 6.45) is 5.20. The minimum absolute atomic E-state index is 0.0881. The maximum absolute atomic E-state index is 10.6. The molecule has 0 saturated carbocycles. The fourth-order valence-electron chi connectivity index (χ4n) is 1.53. The summed E-state index contributed by atoms with van der Waals surface area (Å²) in [5.41, 5.74) is 5.06. The molecule has 2 rings (SSSR count). The molecule has 0 aliphatic carbocycles. The number of nitrogens with two attached hydrogens (primary N) is 1. The van der Waals surface area contributed by atoms with Gasteiger partial charge in [0.2, 0.25) is 17.1 Å². The van der Waals surface area contributed by atoms with E-state index in [1.807, 2.05) is 0 Å². The number of anilines is 1. The Bertz CT molecular complexity index is 572. The Balaban J connectivity index is 1.93. The second-order valence-corrected chi connectivity index (χ2v) is 4.37. The molecule has 0 radical (unpaired) electrons. The molecule has 0 aliphatic heterocycles. The van der Waals surface area contributed by atoms with Crippen LogP contribution >= 0.6 is 11.6 Å². The van der Waals surface area contributed by atoms with Gasteiger partial charge in [-0.3, -0.25) is 4.79 Å². The van der Waals surface area contributed by atoms with Crippen molar-refractivity contribution < 1.29 is 4.79 Å². The third kappa shape index (κ3) is 4.16. The number of nitrogens with one attached hydrogen (secondary N) is 1. The number of hydrogen-bond acceptors (Lipinski definition) is 6. The lowest BCUT2D eigenvalue weighted by molar-refractivity contribution is -0.118. The number of aromatic nitrogens is 5. The van der Waals surface area contributed by atoms with E-state index in [1.54, 1.807) is 18.5 Å². The van der Waals surface area contributed by atoms with Crippen molar-refractivity contribution in [3.8, 4) is 5.95 Å². The van der Waals surface area contributed by atoms with Crippen molar-refractivity contribution in [2.24, 2.45) is 5.73 Å². The molecule has 0 aromatic carbocycles. The fourth-order valence-corrected chi connectivity index (χ4v) is 1.69. The van der Waals surface area contributed by atoms with Gasteiger partial charge in [-0.25, -0.2) is 4.68 Å². The summed E-state index contributed by atoms with van der Waals surface area (Å²) in [7, 11) is 0. The van der Waals surface area contributed by atoms with Crippen LogP contribution in [0.3, 0.4) is 0 Å². The molecule has 0 fully saturated rings. The number of nitrogens with zero attached hydrogens (tertiary/aromatic N) is 5. The first-order chi connectivity index (χ1) is 9.65. The standard InChI is InChI=1S/C11H14ClN7O/c12-9-16-10(14-5-2-1-4-8(13)20)18-11(17-9)19-7-3-6-15-19/h3,6-7H,1-2,4-5H2,(H2,13,20)(H,14,16,17,18). The molecule has 2 heterocycles. The van der Waals surface area contributed by atoms with Gasteiger partial charge in [0.25, 0.3) is 5.95 Å². The SMILES string of the molecule is NC(=O)CCCCNc1nc(Cl)nc(-n2cccn2)n1. The largest absolute Gasteiger partial charge is 0.370 e. The lowest BCUT2D eigenvalue weighted by Gasteiger charge is -2.06. The van der Waals surface area contributed by atoms with Crippen molar-refractivity contribution in [2.45, 2.75) is 19.3 Å². The molecule has 0 bridgehead atoms. The molecule has 0 atom stereocenters. The molecular weight excluding hydrogens is 282 g/mol. The summed E-state index contributed by atoms with van der Waals surface area (Å²) in [6, 6.07) is 1.76. The average Bonchev–Trinajstić information content (AvgIpc) is 2.91. The van der Waals surface area contributed by atoms with Crippen molar-refractivity contribution in [1.82, 2.24) is 24.7 Å².